The molecular formula is C9H18N2O5. The molecule has 0 aliphatic carbocycles. The number of rotatable bonds is 6. The number of carbonyl (C=O) groups excluding carboxylic acids is 1. The molecule has 1 atom stereocenters. The van der Waals surface area contributed by atoms with Crippen molar-refractivity contribution in [3.63, 3.8) is 0 Å². The molecular weight excluding hydrogens is 216 g/mol. The summed E-state index contributed by atoms with van der Waals surface area (Å²) < 4.78 is 0. The standard InChI is InChI=1S/C9H18N2O5/c1-6(2)11(3-4-12)9(16)10-7(5-13)8(14)15/h6-7,12-13H,3-5H2,1-2H3,(H,10,16)(H,14,15). The highest BCUT2D eigenvalue weighted by molar-refractivity contribution is 5.82. The quantitative estimate of drug-likeness (QED) is 0.463. The zero-order valence-corrected chi connectivity index (χ0v) is 9.38. The van der Waals surface area contributed by atoms with E-state index in [1.165, 1.54) is 4.90 Å². The van der Waals surface area contributed by atoms with Gasteiger partial charge in [0, 0.05) is 12.6 Å². The molecule has 0 fully saturated rings. The van der Waals surface area contributed by atoms with Crippen molar-refractivity contribution in [3.8, 4) is 0 Å². The number of carbonyl (C=O) groups is 2. The van der Waals surface area contributed by atoms with Crippen molar-refractivity contribution in [2.75, 3.05) is 19.8 Å². The zero-order valence-electron chi connectivity index (χ0n) is 9.38. The number of carboxylic acid groups (broad SMARTS) is 1. The summed E-state index contributed by atoms with van der Waals surface area (Å²) in [6.07, 6.45) is 0. The molecule has 0 aromatic carbocycles. The van der Waals surface area contributed by atoms with Gasteiger partial charge in [-0.15, -0.1) is 0 Å². The van der Waals surface area contributed by atoms with Crippen LogP contribution in [0.5, 0.6) is 0 Å². The second-order valence-electron chi connectivity index (χ2n) is 3.53. The Morgan fingerprint density at radius 2 is 1.88 bits per heavy atom. The summed E-state index contributed by atoms with van der Waals surface area (Å²) in [6.45, 7) is 2.71. The fraction of sp³-hybridized carbons (Fsp3) is 0.778. The van der Waals surface area contributed by atoms with Crippen molar-refractivity contribution in [1.82, 2.24) is 10.2 Å². The number of hydrogen-bond donors (Lipinski definition) is 4. The first-order valence-corrected chi connectivity index (χ1v) is 4.95. The maximum absolute atomic E-state index is 11.6. The number of amides is 2. The van der Waals surface area contributed by atoms with Crippen LogP contribution in [0.4, 0.5) is 4.79 Å². The van der Waals surface area contributed by atoms with Gasteiger partial charge in [0.1, 0.15) is 0 Å². The molecule has 0 rings (SSSR count). The third-order valence-electron chi connectivity index (χ3n) is 2.00. The summed E-state index contributed by atoms with van der Waals surface area (Å²) in [5.74, 6) is -1.30. The number of hydrogen-bond acceptors (Lipinski definition) is 4. The molecule has 0 saturated heterocycles. The fourth-order valence-electron chi connectivity index (χ4n) is 1.12. The van der Waals surface area contributed by atoms with Gasteiger partial charge < -0.3 is 25.5 Å². The van der Waals surface area contributed by atoms with E-state index in [0.29, 0.717) is 0 Å². The topological polar surface area (TPSA) is 110 Å². The first-order chi connectivity index (χ1) is 7.43. The summed E-state index contributed by atoms with van der Waals surface area (Å²) in [5.41, 5.74) is 0. The molecule has 0 aliphatic heterocycles. The van der Waals surface area contributed by atoms with Crippen LogP contribution in [0.25, 0.3) is 0 Å². The van der Waals surface area contributed by atoms with Gasteiger partial charge in [0.15, 0.2) is 6.04 Å². The monoisotopic (exact) mass is 234 g/mol. The molecule has 2 amide bonds. The van der Waals surface area contributed by atoms with Crippen molar-refractivity contribution in [2.24, 2.45) is 0 Å². The normalized spacial score (nSPS) is 12.3. The van der Waals surface area contributed by atoms with Crippen molar-refractivity contribution in [3.05, 3.63) is 0 Å². The van der Waals surface area contributed by atoms with Gasteiger partial charge in [0.25, 0.3) is 0 Å². The maximum Gasteiger partial charge on any atom is 0.328 e. The van der Waals surface area contributed by atoms with Crippen LogP contribution in [0, 0.1) is 0 Å². The number of nitrogens with zero attached hydrogens (tertiary/aromatic N) is 1. The largest absolute Gasteiger partial charge is 0.480 e. The van der Waals surface area contributed by atoms with Gasteiger partial charge in [-0.1, -0.05) is 0 Å². The summed E-state index contributed by atoms with van der Waals surface area (Å²) >= 11 is 0. The molecule has 0 heterocycles. The lowest BCUT2D eigenvalue weighted by Crippen LogP contribution is -2.52. The molecule has 7 nitrogen and oxygen atoms in total. The van der Waals surface area contributed by atoms with Gasteiger partial charge >= 0.3 is 12.0 Å². The van der Waals surface area contributed by atoms with E-state index in [2.05, 4.69) is 5.32 Å². The Morgan fingerprint density at radius 3 is 2.19 bits per heavy atom. The molecule has 0 aromatic rings. The van der Waals surface area contributed by atoms with E-state index in [9.17, 15) is 9.59 Å². The van der Waals surface area contributed by atoms with Crippen LogP contribution in [0.3, 0.4) is 0 Å². The van der Waals surface area contributed by atoms with Gasteiger partial charge in [0.05, 0.1) is 13.2 Å². The van der Waals surface area contributed by atoms with Crippen LogP contribution >= 0.6 is 0 Å². The van der Waals surface area contributed by atoms with Gasteiger partial charge in [-0.2, -0.15) is 0 Å². The molecule has 7 heteroatoms. The Balaban J connectivity index is 4.44. The van der Waals surface area contributed by atoms with Gasteiger partial charge in [0.2, 0.25) is 0 Å². The second kappa shape index (κ2) is 7.02. The smallest absolute Gasteiger partial charge is 0.328 e. The average molecular weight is 234 g/mol. The van der Waals surface area contributed by atoms with Crippen molar-refractivity contribution < 1.29 is 24.9 Å². The number of aliphatic hydroxyl groups excluding tert-OH is 2. The Hall–Kier alpha value is -1.34. The third-order valence-corrected chi connectivity index (χ3v) is 2.00. The Bertz CT molecular complexity index is 244. The van der Waals surface area contributed by atoms with Crippen LogP contribution in [0.1, 0.15) is 13.8 Å². The number of carboxylic acids is 1. The molecule has 16 heavy (non-hydrogen) atoms. The maximum atomic E-state index is 11.6. The minimum atomic E-state index is -1.33. The SMILES string of the molecule is CC(C)N(CCO)C(=O)NC(CO)C(=O)O. The van der Waals surface area contributed by atoms with E-state index in [1.807, 2.05) is 0 Å². The highest BCUT2D eigenvalue weighted by Gasteiger charge is 2.23. The summed E-state index contributed by atoms with van der Waals surface area (Å²) in [7, 11) is 0. The van der Waals surface area contributed by atoms with E-state index < -0.39 is 24.6 Å². The van der Waals surface area contributed by atoms with Gasteiger partial charge in [-0.05, 0) is 13.8 Å². The van der Waals surface area contributed by atoms with E-state index in [4.69, 9.17) is 15.3 Å². The predicted molar refractivity (Wildman–Crippen MR) is 56.0 cm³/mol. The van der Waals surface area contributed by atoms with E-state index in [0.717, 1.165) is 0 Å². The van der Waals surface area contributed by atoms with Gasteiger partial charge in [-0.25, -0.2) is 9.59 Å². The van der Waals surface area contributed by atoms with Crippen LogP contribution in [-0.2, 0) is 4.79 Å². The highest BCUT2D eigenvalue weighted by atomic mass is 16.4. The summed E-state index contributed by atoms with van der Waals surface area (Å²) in [5, 5.41) is 28.3. The number of nitrogens with one attached hydrogen (secondary N) is 1. The molecule has 94 valence electrons. The lowest BCUT2D eigenvalue weighted by molar-refractivity contribution is -0.140. The van der Waals surface area contributed by atoms with E-state index in [-0.39, 0.29) is 19.2 Å². The lowest BCUT2D eigenvalue weighted by atomic mass is 10.3. The van der Waals surface area contributed by atoms with Crippen molar-refractivity contribution in [1.29, 1.82) is 0 Å². The highest BCUT2D eigenvalue weighted by Crippen LogP contribution is 1.99. The number of aliphatic carboxylic acids is 1. The first-order valence-electron chi connectivity index (χ1n) is 4.95. The lowest BCUT2D eigenvalue weighted by Gasteiger charge is -2.27. The molecule has 0 radical (unpaired) electrons. The summed E-state index contributed by atoms with van der Waals surface area (Å²) in [6, 6.07) is -2.11. The molecule has 0 bridgehead atoms. The van der Waals surface area contributed by atoms with E-state index in [1.54, 1.807) is 13.8 Å². The van der Waals surface area contributed by atoms with Crippen molar-refractivity contribution in [2.45, 2.75) is 25.9 Å². The van der Waals surface area contributed by atoms with Crippen LogP contribution in [0.2, 0.25) is 0 Å². The minimum absolute atomic E-state index is 0.112. The average Bonchev–Trinajstić information content (AvgIpc) is 2.21. The fourth-order valence-corrected chi connectivity index (χ4v) is 1.12. The first kappa shape index (κ1) is 14.7. The second-order valence-corrected chi connectivity index (χ2v) is 3.53. The van der Waals surface area contributed by atoms with Crippen LogP contribution in [-0.4, -0.2) is 64.1 Å². The Labute approximate surface area is 93.7 Å². The third kappa shape index (κ3) is 4.45. The molecule has 0 aromatic heterocycles. The Morgan fingerprint density at radius 1 is 1.31 bits per heavy atom. The molecule has 1 unspecified atom stereocenters. The number of aliphatic hydroxyl groups is 2. The van der Waals surface area contributed by atoms with Crippen LogP contribution < -0.4 is 5.32 Å². The molecule has 0 spiro atoms. The zero-order chi connectivity index (χ0) is 12.7. The van der Waals surface area contributed by atoms with Crippen LogP contribution in [0.15, 0.2) is 0 Å². The number of urea groups is 1. The van der Waals surface area contributed by atoms with E-state index >= 15 is 0 Å². The summed E-state index contributed by atoms with van der Waals surface area (Å²) in [4.78, 5) is 23.4. The van der Waals surface area contributed by atoms with Crippen molar-refractivity contribution >= 4 is 12.0 Å². The predicted octanol–water partition coefficient (Wildman–Crippen LogP) is -1.16. The molecule has 0 saturated carbocycles. The minimum Gasteiger partial charge on any atom is -0.480 e. The van der Waals surface area contributed by atoms with Gasteiger partial charge in [-0.3, -0.25) is 0 Å². The molecule has 4 N–H and O–H groups in total. The molecule has 0 aliphatic rings. The Kier molecular flexibility index (Phi) is 6.43.